The van der Waals surface area contributed by atoms with Crippen LogP contribution in [0.2, 0.25) is 0 Å². The SMILES string of the molecule is CSc1ccc(N2CC(C(=O)N(C)CC(C)C(=O)O)CC2=O)cc1. The van der Waals surface area contributed by atoms with Gasteiger partial charge < -0.3 is 14.9 Å². The largest absolute Gasteiger partial charge is 0.481 e. The van der Waals surface area contributed by atoms with Crippen LogP contribution < -0.4 is 4.90 Å². The predicted octanol–water partition coefficient (Wildman–Crippen LogP) is 1.94. The van der Waals surface area contributed by atoms with Gasteiger partial charge in [-0.25, -0.2) is 0 Å². The van der Waals surface area contributed by atoms with Gasteiger partial charge in [0, 0.05) is 37.1 Å². The van der Waals surface area contributed by atoms with Crippen LogP contribution in [-0.4, -0.2) is 54.2 Å². The number of amides is 2. The molecule has 1 saturated heterocycles. The maximum Gasteiger partial charge on any atom is 0.308 e. The van der Waals surface area contributed by atoms with Gasteiger partial charge in [0.15, 0.2) is 0 Å². The molecular weight excluding hydrogens is 328 g/mol. The van der Waals surface area contributed by atoms with Crippen LogP contribution in [0, 0.1) is 11.8 Å². The molecule has 2 atom stereocenters. The molecule has 0 bridgehead atoms. The lowest BCUT2D eigenvalue weighted by Gasteiger charge is -2.23. The van der Waals surface area contributed by atoms with Gasteiger partial charge >= 0.3 is 5.97 Å². The molecule has 1 aliphatic heterocycles. The fourth-order valence-electron chi connectivity index (χ4n) is 2.78. The van der Waals surface area contributed by atoms with Crippen molar-refractivity contribution in [3.05, 3.63) is 24.3 Å². The Labute approximate surface area is 145 Å². The van der Waals surface area contributed by atoms with E-state index in [4.69, 9.17) is 5.11 Å². The normalized spacial score (nSPS) is 18.5. The van der Waals surface area contributed by atoms with Crippen molar-refractivity contribution in [2.24, 2.45) is 11.8 Å². The number of aliphatic carboxylic acids is 1. The highest BCUT2D eigenvalue weighted by molar-refractivity contribution is 7.98. The lowest BCUT2D eigenvalue weighted by atomic mass is 10.1. The van der Waals surface area contributed by atoms with Crippen LogP contribution in [0.15, 0.2) is 29.2 Å². The van der Waals surface area contributed by atoms with Crippen LogP contribution in [0.5, 0.6) is 0 Å². The van der Waals surface area contributed by atoms with E-state index in [0.29, 0.717) is 6.54 Å². The molecule has 1 aliphatic rings. The van der Waals surface area contributed by atoms with Crippen LogP contribution in [0.25, 0.3) is 0 Å². The molecule has 1 N–H and O–H groups in total. The molecule has 2 unspecified atom stereocenters. The number of carbonyl (C=O) groups is 3. The van der Waals surface area contributed by atoms with Gasteiger partial charge in [-0.1, -0.05) is 6.92 Å². The zero-order valence-electron chi connectivity index (χ0n) is 14.1. The molecule has 6 nitrogen and oxygen atoms in total. The Morgan fingerprint density at radius 2 is 2.00 bits per heavy atom. The van der Waals surface area contributed by atoms with Gasteiger partial charge in [0.05, 0.1) is 11.8 Å². The zero-order valence-corrected chi connectivity index (χ0v) is 14.9. The Bertz CT molecular complexity index is 632. The number of carboxylic acids is 1. The lowest BCUT2D eigenvalue weighted by molar-refractivity contribution is -0.143. The Kier molecular flexibility index (Phi) is 5.88. The van der Waals surface area contributed by atoms with Gasteiger partial charge in [0.2, 0.25) is 11.8 Å². The first-order chi connectivity index (χ1) is 11.3. The summed E-state index contributed by atoms with van der Waals surface area (Å²) in [6.45, 7) is 2.04. The van der Waals surface area contributed by atoms with Crippen molar-refractivity contribution in [2.75, 3.05) is 31.3 Å². The number of hydrogen-bond acceptors (Lipinski definition) is 4. The standard InChI is InChI=1S/C17H22N2O4S/c1-11(17(22)23)9-18(2)16(21)12-8-15(20)19(10-12)13-4-6-14(24-3)7-5-13/h4-7,11-12H,8-10H2,1-3H3,(H,22,23). The summed E-state index contributed by atoms with van der Waals surface area (Å²) in [7, 11) is 1.59. The number of rotatable bonds is 6. The van der Waals surface area contributed by atoms with Crippen molar-refractivity contribution in [1.29, 1.82) is 0 Å². The van der Waals surface area contributed by atoms with E-state index in [1.165, 1.54) is 4.90 Å². The van der Waals surface area contributed by atoms with Gasteiger partial charge in [-0.05, 0) is 30.5 Å². The first-order valence-electron chi connectivity index (χ1n) is 7.75. The lowest BCUT2D eigenvalue weighted by Crippen LogP contribution is -2.38. The first-order valence-corrected chi connectivity index (χ1v) is 8.98. The van der Waals surface area contributed by atoms with E-state index >= 15 is 0 Å². The van der Waals surface area contributed by atoms with E-state index in [2.05, 4.69) is 0 Å². The maximum atomic E-state index is 12.5. The molecule has 130 valence electrons. The number of hydrogen-bond donors (Lipinski definition) is 1. The number of nitrogens with zero attached hydrogens (tertiary/aromatic N) is 2. The van der Waals surface area contributed by atoms with Gasteiger partial charge in [-0.15, -0.1) is 11.8 Å². The van der Waals surface area contributed by atoms with Crippen LogP contribution in [0.4, 0.5) is 5.69 Å². The summed E-state index contributed by atoms with van der Waals surface area (Å²) >= 11 is 1.63. The summed E-state index contributed by atoms with van der Waals surface area (Å²) in [6.07, 6.45) is 2.15. The van der Waals surface area contributed by atoms with Crippen molar-refractivity contribution in [3.8, 4) is 0 Å². The summed E-state index contributed by atoms with van der Waals surface area (Å²) in [4.78, 5) is 39.8. The van der Waals surface area contributed by atoms with Crippen molar-refractivity contribution in [2.45, 2.75) is 18.2 Å². The Morgan fingerprint density at radius 1 is 1.38 bits per heavy atom. The van der Waals surface area contributed by atoms with Gasteiger partial charge in [-0.3, -0.25) is 14.4 Å². The molecule has 0 radical (unpaired) electrons. The Balaban J connectivity index is 2.02. The average Bonchev–Trinajstić information content (AvgIpc) is 2.95. The Hall–Kier alpha value is -2.02. The first kappa shape index (κ1) is 18.3. The number of carbonyl (C=O) groups excluding carboxylic acids is 2. The van der Waals surface area contributed by atoms with Gasteiger partial charge in [-0.2, -0.15) is 0 Å². The smallest absolute Gasteiger partial charge is 0.308 e. The topological polar surface area (TPSA) is 77.9 Å². The number of anilines is 1. The van der Waals surface area contributed by atoms with Crippen molar-refractivity contribution >= 4 is 35.2 Å². The number of benzene rings is 1. The van der Waals surface area contributed by atoms with Crippen LogP contribution in [0.3, 0.4) is 0 Å². The summed E-state index contributed by atoms with van der Waals surface area (Å²) < 4.78 is 0. The second kappa shape index (κ2) is 7.70. The molecule has 1 fully saturated rings. The van der Waals surface area contributed by atoms with E-state index in [1.54, 1.807) is 30.6 Å². The zero-order chi connectivity index (χ0) is 17.9. The second-order valence-electron chi connectivity index (χ2n) is 6.06. The monoisotopic (exact) mass is 350 g/mol. The molecule has 1 aromatic rings. The molecule has 0 spiro atoms. The van der Waals surface area contributed by atoms with Crippen LogP contribution >= 0.6 is 11.8 Å². The molecular formula is C17H22N2O4S. The molecule has 2 rings (SSSR count). The van der Waals surface area contributed by atoms with Crippen molar-refractivity contribution in [1.82, 2.24) is 4.90 Å². The Morgan fingerprint density at radius 3 is 2.54 bits per heavy atom. The fourth-order valence-corrected chi connectivity index (χ4v) is 3.18. The number of carboxylic acid groups (broad SMARTS) is 1. The fraction of sp³-hybridized carbons (Fsp3) is 0.471. The van der Waals surface area contributed by atoms with Crippen LogP contribution in [0.1, 0.15) is 13.3 Å². The highest BCUT2D eigenvalue weighted by atomic mass is 32.2. The summed E-state index contributed by atoms with van der Waals surface area (Å²) in [5.74, 6) is -2.26. The van der Waals surface area contributed by atoms with Crippen LogP contribution in [-0.2, 0) is 14.4 Å². The maximum absolute atomic E-state index is 12.5. The molecule has 1 aromatic carbocycles. The van der Waals surface area contributed by atoms with Crippen molar-refractivity contribution in [3.63, 3.8) is 0 Å². The summed E-state index contributed by atoms with van der Waals surface area (Å²) in [5, 5.41) is 8.95. The highest BCUT2D eigenvalue weighted by Gasteiger charge is 2.36. The van der Waals surface area contributed by atoms with E-state index in [1.807, 2.05) is 30.5 Å². The van der Waals surface area contributed by atoms with Crippen molar-refractivity contribution < 1.29 is 19.5 Å². The number of thioether (sulfide) groups is 1. The second-order valence-corrected chi connectivity index (χ2v) is 6.94. The summed E-state index contributed by atoms with van der Waals surface area (Å²) in [5.41, 5.74) is 0.787. The van der Waals surface area contributed by atoms with E-state index in [0.717, 1.165) is 10.6 Å². The third kappa shape index (κ3) is 4.08. The van der Waals surface area contributed by atoms with E-state index in [9.17, 15) is 14.4 Å². The highest BCUT2D eigenvalue weighted by Crippen LogP contribution is 2.28. The molecule has 2 amide bonds. The third-order valence-corrected chi connectivity index (χ3v) is 4.95. The average molecular weight is 350 g/mol. The summed E-state index contributed by atoms with van der Waals surface area (Å²) in [6, 6.07) is 7.66. The molecule has 24 heavy (non-hydrogen) atoms. The minimum absolute atomic E-state index is 0.0788. The molecule has 0 aromatic heterocycles. The third-order valence-electron chi connectivity index (χ3n) is 4.20. The van der Waals surface area contributed by atoms with E-state index < -0.39 is 17.8 Å². The minimum Gasteiger partial charge on any atom is -0.481 e. The molecule has 7 heteroatoms. The molecule has 1 heterocycles. The van der Waals surface area contributed by atoms with E-state index in [-0.39, 0.29) is 24.8 Å². The minimum atomic E-state index is -0.937. The predicted molar refractivity (Wildman–Crippen MR) is 93.1 cm³/mol. The quantitative estimate of drug-likeness (QED) is 0.794. The van der Waals surface area contributed by atoms with Gasteiger partial charge in [0.25, 0.3) is 0 Å². The molecule has 0 aliphatic carbocycles. The van der Waals surface area contributed by atoms with Gasteiger partial charge in [0.1, 0.15) is 0 Å². The molecule has 0 saturated carbocycles.